The molecule has 1 aromatic carbocycles. The summed E-state index contributed by atoms with van der Waals surface area (Å²) >= 11 is 0. The molecule has 0 radical (unpaired) electrons. The van der Waals surface area contributed by atoms with E-state index in [1.807, 2.05) is 24.3 Å². The van der Waals surface area contributed by atoms with Gasteiger partial charge in [0, 0.05) is 19.3 Å². The minimum atomic E-state index is -0.695. The molecular weight excluding hydrogens is 364 g/mol. The summed E-state index contributed by atoms with van der Waals surface area (Å²) in [5.41, 5.74) is 0.0958. The molecule has 1 heterocycles. The summed E-state index contributed by atoms with van der Waals surface area (Å²) in [6.07, 6.45) is 7.45. The second kappa shape index (κ2) is 10.4. The van der Waals surface area contributed by atoms with Crippen LogP contribution in [0.1, 0.15) is 58.8 Å². The van der Waals surface area contributed by atoms with E-state index in [0.717, 1.165) is 56.2 Å². The number of hydrogen-bond donors (Lipinski definition) is 1. The number of anilines is 1. The van der Waals surface area contributed by atoms with Crippen LogP contribution >= 0.6 is 0 Å². The predicted molar refractivity (Wildman–Crippen MR) is 117 cm³/mol. The van der Waals surface area contributed by atoms with Crippen molar-refractivity contribution in [1.82, 2.24) is 4.90 Å². The third kappa shape index (κ3) is 6.19. The van der Waals surface area contributed by atoms with Crippen LogP contribution in [0.2, 0.25) is 0 Å². The summed E-state index contributed by atoms with van der Waals surface area (Å²) in [6.45, 7) is 8.81. The summed E-state index contributed by atoms with van der Waals surface area (Å²) in [5.74, 6) is 2.21. The van der Waals surface area contributed by atoms with E-state index in [9.17, 15) is 4.79 Å². The lowest BCUT2D eigenvalue weighted by molar-refractivity contribution is -0.143. The molecule has 1 amide bonds. The molecule has 0 spiro atoms. The molecule has 0 aromatic heterocycles. The van der Waals surface area contributed by atoms with E-state index in [1.54, 1.807) is 7.11 Å². The summed E-state index contributed by atoms with van der Waals surface area (Å²) < 4.78 is 11.6. The number of nitrogens with one attached hydrogen (secondary N) is 1. The molecule has 2 fully saturated rings. The zero-order chi connectivity index (χ0) is 20.7. The Balaban J connectivity index is 1.42. The maximum Gasteiger partial charge on any atom is 0.256 e. The number of methoxy groups -OCH3 is 1. The molecule has 2 atom stereocenters. The van der Waals surface area contributed by atoms with E-state index in [0.29, 0.717) is 5.92 Å². The van der Waals surface area contributed by atoms with Crippen LogP contribution in [0.3, 0.4) is 0 Å². The van der Waals surface area contributed by atoms with Crippen molar-refractivity contribution in [2.24, 2.45) is 11.8 Å². The van der Waals surface area contributed by atoms with Gasteiger partial charge in [-0.05, 0) is 87.7 Å². The van der Waals surface area contributed by atoms with Crippen molar-refractivity contribution in [3.63, 3.8) is 0 Å². The van der Waals surface area contributed by atoms with Crippen molar-refractivity contribution >= 4 is 11.6 Å². The van der Waals surface area contributed by atoms with Gasteiger partial charge in [0.2, 0.25) is 0 Å². The fourth-order valence-corrected chi connectivity index (χ4v) is 4.63. The van der Waals surface area contributed by atoms with E-state index in [-0.39, 0.29) is 5.91 Å². The van der Waals surface area contributed by atoms with Gasteiger partial charge in [0.25, 0.3) is 5.91 Å². The van der Waals surface area contributed by atoms with Crippen LogP contribution in [-0.4, -0.2) is 49.8 Å². The fraction of sp³-hybridized carbons (Fsp3) is 0.708. The second-order valence-corrected chi connectivity index (χ2v) is 9.10. The van der Waals surface area contributed by atoms with E-state index in [2.05, 4.69) is 24.1 Å². The van der Waals surface area contributed by atoms with E-state index < -0.39 is 5.60 Å². The van der Waals surface area contributed by atoms with Gasteiger partial charge in [-0.3, -0.25) is 4.79 Å². The molecule has 162 valence electrons. The molecule has 1 aliphatic heterocycles. The topological polar surface area (TPSA) is 50.8 Å². The van der Waals surface area contributed by atoms with Crippen molar-refractivity contribution in [2.75, 3.05) is 38.7 Å². The zero-order valence-corrected chi connectivity index (χ0v) is 18.4. The van der Waals surface area contributed by atoms with Gasteiger partial charge in [0.05, 0.1) is 6.61 Å². The van der Waals surface area contributed by atoms with Crippen molar-refractivity contribution in [1.29, 1.82) is 0 Å². The Hall–Kier alpha value is -1.59. The van der Waals surface area contributed by atoms with Gasteiger partial charge in [-0.25, -0.2) is 0 Å². The number of piperidine rings is 1. The minimum Gasteiger partial charge on any atom is -0.494 e. The highest BCUT2D eigenvalue weighted by atomic mass is 16.5. The monoisotopic (exact) mass is 402 g/mol. The Kier molecular flexibility index (Phi) is 7.96. The maximum absolute atomic E-state index is 12.9. The molecule has 0 unspecified atom stereocenters. The number of carbonyl (C=O) groups excluding carboxylic acids is 1. The summed E-state index contributed by atoms with van der Waals surface area (Å²) in [5, 5.41) is 3.04. The first-order chi connectivity index (χ1) is 14.0. The van der Waals surface area contributed by atoms with Gasteiger partial charge in [0.1, 0.15) is 11.4 Å². The van der Waals surface area contributed by atoms with Crippen LogP contribution in [0.15, 0.2) is 24.3 Å². The first-order valence-electron chi connectivity index (χ1n) is 11.3. The van der Waals surface area contributed by atoms with Crippen LogP contribution in [0.5, 0.6) is 5.75 Å². The van der Waals surface area contributed by atoms with Crippen LogP contribution in [0, 0.1) is 11.8 Å². The SMILES string of the molecule is CO[C@@]1(C(=O)Nc2ccc(OCCCN3CCC(C)CC3)cc2)CCC[C@H](C)C1. The Morgan fingerprint density at radius 3 is 2.52 bits per heavy atom. The number of nitrogens with zero attached hydrogens (tertiary/aromatic N) is 1. The molecule has 1 N–H and O–H groups in total. The first kappa shape index (κ1) is 22.1. The number of carbonyl (C=O) groups is 1. The fourth-order valence-electron chi connectivity index (χ4n) is 4.63. The van der Waals surface area contributed by atoms with Crippen LogP contribution in [-0.2, 0) is 9.53 Å². The highest BCUT2D eigenvalue weighted by molar-refractivity contribution is 5.97. The lowest BCUT2D eigenvalue weighted by Crippen LogP contribution is -2.47. The van der Waals surface area contributed by atoms with Gasteiger partial charge in [-0.15, -0.1) is 0 Å². The molecule has 0 bridgehead atoms. The third-order valence-electron chi connectivity index (χ3n) is 6.64. The first-order valence-corrected chi connectivity index (χ1v) is 11.3. The number of ether oxygens (including phenoxy) is 2. The summed E-state index contributed by atoms with van der Waals surface area (Å²) in [7, 11) is 1.65. The number of benzene rings is 1. The normalized spacial score (nSPS) is 26.2. The molecule has 2 aliphatic rings. The molecule has 1 saturated heterocycles. The van der Waals surface area contributed by atoms with Crippen LogP contribution < -0.4 is 10.1 Å². The van der Waals surface area contributed by atoms with Crippen molar-refractivity contribution in [3.8, 4) is 5.75 Å². The van der Waals surface area contributed by atoms with Crippen molar-refractivity contribution in [3.05, 3.63) is 24.3 Å². The maximum atomic E-state index is 12.9. The van der Waals surface area contributed by atoms with Crippen LogP contribution in [0.25, 0.3) is 0 Å². The Morgan fingerprint density at radius 1 is 1.14 bits per heavy atom. The van der Waals surface area contributed by atoms with E-state index in [1.165, 1.54) is 32.4 Å². The quantitative estimate of drug-likeness (QED) is 0.639. The lowest BCUT2D eigenvalue weighted by Gasteiger charge is -2.37. The number of amides is 1. The Labute approximate surface area is 176 Å². The summed E-state index contributed by atoms with van der Waals surface area (Å²) in [6, 6.07) is 7.69. The largest absolute Gasteiger partial charge is 0.494 e. The minimum absolute atomic E-state index is 0.0314. The van der Waals surface area contributed by atoms with Gasteiger partial charge < -0.3 is 19.7 Å². The number of hydrogen-bond acceptors (Lipinski definition) is 4. The third-order valence-corrected chi connectivity index (χ3v) is 6.64. The molecule has 5 heteroatoms. The average Bonchev–Trinajstić information content (AvgIpc) is 2.73. The van der Waals surface area contributed by atoms with E-state index in [4.69, 9.17) is 9.47 Å². The lowest BCUT2D eigenvalue weighted by atomic mass is 9.78. The summed E-state index contributed by atoms with van der Waals surface area (Å²) in [4.78, 5) is 15.4. The van der Waals surface area contributed by atoms with Crippen molar-refractivity contribution < 1.29 is 14.3 Å². The highest BCUT2D eigenvalue weighted by Gasteiger charge is 2.41. The molecule has 1 saturated carbocycles. The van der Waals surface area contributed by atoms with Crippen molar-refractivity contribution in [2.45, 2.75) is 64.4 Å². The second-order valence-electron chi connectivity index (χ2n) is 9.10. The van der Waals surface area contributed by atoms with Gasteiger partial charge in [-0.2, -0.15) is 0 Å². The molecule has 1 aliphatic carbocycles. The smallest absolute Gasteiger partial charge is 0.256 e. The molecule has 3 rings (SSSR count). The predicted octanol–water partition coefficient (Wildman–Crippen LogP) is 4.72. The van der Waals surface area contributed by atoms with Crippen LogP contribution in [0.4, 0.5) is 5.69 Å². The Morgan fingerprint density at radius 2 is 1.86 bits per heavy atom. The molecule has 5 nitrogen and oxygen atoms in total. The molecule has 1 aromatic rings. The number of likely N-dealkylation sites (tertiary alicyclic amines) is 1. The van der Waals surface area contributed by atoms with E-state index >= 15 is 0 Å². The zero-order valence-electron chi connectivity index (χ0n) is 18.4. The van der Waals surface area contributed by atoms with Gasteiger partial charge in [-0.1, -0.05) is 20.3 Å². The highest BCUT2D eigenvalue weighted by Crippen LogP contribution is 2.35. The molecule has 29 heavy (non-hydrogen) atoms. The standard InChI is InChI=1S/C24H38N2O3/c1-19-11-15-26(16-12-19)14-5-17-29-22-9-7-21(8-10-22)25-23(27)24(28-3)13-4-6-20(2)18-24/h7-10,19-20H,4-6,11-18H2,1-3H3,(H,25,27)/t20-,24-/m0/s1. The average molecular weight is 403 g/mol. The van der Waals surface area contributed by atoms with Gasteiger partial charge >= 0.3 is 0 Å². The Bertz CT molecular complexity index is 640. The number of rotatable bonds is 8. The van der Waals surface area contributed by atoms with Gasteiger partial charge in [0.15, 0.2) is 0 Å². The molecular formula is C24H38N2O3.